The SMILES string of the molecule is CCOc1ccc(-n2c(SCC(=O)Nc3cc(C)nc4ccccc34)nnc2-c2ccncc2)cc1. The number of aromatic nitrogens is 5. The summed E-state index contributed by atoms with van der Waals surface area (Å²) in [4.78, 5) is 21.6. The van der Waals surface area contributed by atoms with Crippen LogP contribution in [-0.4, -0.2) is 43.0 Å². The molecule has 8 nitrogen and oxygen atoms in total. The number of carbonyl (C=O) groups excluding carboxylic acids is 1. The van der Waals surface area contributed by atoms with Crippen LogP contribution in [0.3, 0.4) is 0 Å². The van der Waals surface area contributed by atoms with Gasteiger partial charge in [0.25, 0.3) is 0 Å². The molecule has 0 unspecified atom stereocenters. The molecule has 0 fully saturated rings. The smallest absolute Gasteiger partial charge is 0.234 e. The number of hydrogen-bond donors (Lipinski definition) is 1. The van der Waals surface area contributed by atoms with E-state index in [4.69, 9.17) is 4.74 Å². The molecule has 0 atom stereocenters. The maximum absolute atomic E-state index is 12.9. The lowest BCUT2D eigenvalue weighted by Crippen LogP contribution is -2.15. The molecule has 3 aromatic heterocycles. The van der Waals surface area contributed by atoms with Gasteiger partial charge in [-0.15, -0.1) is 10.2 Å². The molecule has 5 aromatic rings. The topological polar surface area (TPSA) is 94.8 Å². The molecule has 1 N–H and O–H groups in total. The van der Waals surface area contributed by atoms with Gasteiger partial charge in [-0.3, -0.25) is 19.3 Å². The molecule has 5 rings (SSSR count). The highest BCUT2D eigenvalue weighted by molar-refractivity contribution is 7.99. The molecule has 36 heavy (non-hydrogen) atoms. The largest absolute Gasteiger partial charge is 0.494 e. The van der Waals surface area contributed by atoms with Gasteiger partial charge in [-0.05, 0) is 62.4 Å². The summed E-state index contributed by atoms with van der Waals surface area (Å²) in [5.74, 6) is 1.48. The lowest BCUT2D eigenvalue weighted by atomic mass is 10.1. The van der Waals surface area contributed by atoms with Gasteiger partial charge in [-0.1, -0.05) is 30.0 Å². The van der Waals surface area contributed by atoms with Crippen molar-refractivity contribution >= 4 is 34.3 Å². The Kier molecular flexibility index (Phi) is 6.90. The lowest BCUT2D eigenvalue weighted by molar-refractivity contribution is -0.113. The third-order valence-electron chi connectivity index (χ3n) is 5.43. The van der Waals surface area contributed by atoms with Gasteiger partial charge in [0, 0.05) is 34.7 Å². The zero-order chi connectivity index (χ0) is 24.9. The first-order valence-electron chi connectivity index (χ1n) is 11.5. The van der Waals surface area contributed by atoms with E-state index in [1.165, 1.54) is 11.8 Å². The summed E-state index contributed by atoms with van der Waals surface area (Å²) in [6.07, 6.45) is 3.43. The van der Waals surface area contributed by atoms with Crippen LogP contribution in [0.5, 0.6) is 5.75 Å². The highest BCUT2D eigenvalue weighted by Gasteiger charge is 2.18. The van der Waals surface area contributed by atoms with Crippen molar-refractivity contribution in [3.8, 4) is 22.8 Å². The van der Waals surface area contributed by atoms with Crippen LogP contribution in [0.4, 0.5) is 5.69 Å². The molecule has 180 valence electrons. The number of pyridine rings is 2. The first-order valence-corrected chi connectivity index (χ1v) is 12.5. The third-order valence-corrected chi connectivity index (χ3v) is 6.36. The van der Waals surface area contributed by atoms with Gasteiger partial charge < -0.3 is 10.1 Å². The van der Waals surface area contributed by atoms with Crippen LogP contribution >= 0.6 is 11.8 Å². The van der Waals surface area contributed by atoms with Crippen molar-refractivity contribution in [1.82, 2.24) is 24.7 Å². The molecule has 3 heterocycles. The van der Waals surface area contributed by atoms with E-state index < -0.39 is 0 Å². The Morgan fingerprint density at radius 3 is 2.58 bits per heavy atom. The molecular formula is C27H24N6O2S. The van der Waals surface area contributed by atoms with Gasteiger partial charge >= 0.3 is 0 Å². The number of rotatable bonds is 8. The van der Waals surface area contributed by atoms with Crippen molar-refractivity contribution in [2.45, 2.75) is 19.0 Å². The number of carbonyl (C=O) groups is 1. The van der Waals surface area contributed by atoms with E-state index in [0.717, 1.165) is 39.3 Å². The number of nitrogens with one attached hydrogen (secondary N) is 1. The predicted octanol–water partition coefficient (Wildman–Crippen LogP) is 5.32. The lowest BCUT2D eigenvalue weighted by Gasteiger charge is -2.12. The maximum atomic E-state index is 12.9. The van der Waals surface area contributed by atoms with Crippen LogP contribution in [0, 0.1) is 6.92 Å². The molecule has 0 saturated heterocycles. The normalized spacial score (nSPS) is 10.9. The first kappa shape index (κ1) is 23.5. The van der Waals surface area contributed by atoms with Crippen molar-refractivity contribution in [2.24, 2.45) is 0 Å². The minimum atomic E-state index is -0.137. The molecule has 0 aliphatic rings. The fraction of sp³-hybridized carbons (Fsp3) is 0.148. The quantitative estimate of drug-likeness (QED) is 0.291. The summed E-state index contributed by atoms with van der Waals surface area (Å²) in [7, 11) is 0. The summed E-state index contributed by atoms with van der Waals surface area (Å²) in [6.45, 7) is 4.46. The predicted molar refractivity (Wildman–Crippen MR) is 142 cm³/mol. The van der Waals surface area contributed by atoms with Crippen LogP contribution in [0.25, 0.3) is 28.0 Å². The number of anilines is 1. The minimum absolute atomic E-state index is 0.137. The van der Waals surface area contributed by atoms with Crippen LogP contribution in [0.2, 0.25) is 0 Å². The number of amides is 1. The van der Waals surface area contributed by atoms with Crippen molar-refractivity contribution in [1.29, 1.82) is 0 Å². The van der Waals surface area contributed by atoms with Crippen molar-refractivity contribution in [3.63, 3.8) is 0 Å². The van der Waals surface area contributed by atoms with Crippen molar-refractivity contribution < 1.29 is 9.53 Å². The molecule has 9 heteroatoms. The van der Waals surface area contributed by atoms with Gasteiger partial charge in [-0.25, -0.2) is 0 Å². The highest BCUT2D eigenvalue weighted by atomic mass is 32.2. The van der Waals surface area contributed by atoms with Crippen LogP contribution in [0.1, 0.15) is 12.6 Å². The number of para-hydroxylation sites is 1. The number of fused-ring (bicyclic) bond motifs is 1. The second kappa shape index (κ2) is 10.6. The average molecular weight is 497 g/mol. The number of benzene rings is 2. The van der Waals surface area contributed by atoms with Gasteiger partial charge in [0.2, 0.25) is 5.91 Å². The molecule has 1 amide bonds. The van der Waals surface area contributed by atoms with E-state index in [1.54, 1.807) is 12.4 Å². The Morgan fingerprint density at radius 1 is 1.03 bits per heavy atom. The number of thioether (sulfide) groups is 1. The molecule has 0 bridgehead atoms. The maximum Gasteiger partial charge on any atom is 0.234 e. The fourth-order valence-corrected chi connectivity index (χ4v) is 4.62. The molecule has 0 radical (unpaired) electrons. The third kappa shape index (κ3) is 5.06. The second-order valence-electron chi connectivity index (χ2n) is 7.97. The Morgan fingerprint density at radius 2 is 1.81 bits per heavy atom. The van der Waals surface area contributed by atoms with Gasteiger partial charge in [0.1, 0.15) is 5.75 Å². The molecule has 2 aromatic carbocycles. The summed E-state index contributed by atoms with van der Waals surface area (Å²) >= 11 is 1.32. The first-order chi connectivity index (χ1) is 17.6. The number of nitrogens with zero attached hydrogens (tertiary/aromatic N) is 5. The monoisotopic (exact) mass is 496 g/mol. The van der Waals surface area contributed by atoms with E-state index in [2.05, 4.69) is 25.5 Å². The summed E-state index contributed by atoms with van der Waals surface area (Å²) in [5, 5.41) is 13.4. The van der Waals surface area contributed by atoms with Gasteiger partial charge in [0.05, 0.1) is 23.6 Å². The number of aryl methyl sites for hydroxylation is 1. The van der Waals surface area contributed by atoms with Crippen molar-refractivity contribution in [2.75, 3.05) is 17.7 Å². The Labute approximate surface area is 212 Å². The van der Waals surface area contributed by atoms with E-state index in [9.17, 15) is 4.79 Å². The van der Waals surface area contributed by atoms with E-state index in [1.807, 2.05) is 85.1 Å². The number of ether oxygens (including phenoxy) is 1. The molecular weight excluding hydrogens is 472 g/mol. The van der Waals surface area contributed by atoms with Gasteiger partial charge in [0.15, 0.2) is 11.0 Å². The Balaban J connectivity index is 1.41. The van der Waals surface area contributed by atoms with Crippen LogP contribution < -0.4 is 10.1 Å². The molecule has 0 spiro atoms. The molecule has 0 aliphatic carbocycles. The van der Waals surface area contributed by atoms with E-state index >= 15 is 0 Å². The van der Waals surface area contributed by atoms with Crippen LogP contribution in [0.15, 0.2) is 84.3 Å². The Hall–Kier alpha value is -4.24. The van der Waals surface area contributed by atoms with Crippen LogP contribution in [-0.2, 0) is 4.79 Å². The zero-order valence-corrected chi connectivity index (χ0v) is 20.7. The standard InChI is InChI=1S/C27H24N6O2S/c1-3-35-21-10-8-20(9-11-21)33-26(19-12-14-28-15-13-19)31-32-27(33)36-17-25(34)30-24-16-18(2)29-23-7-5-4-6-22(23)24/h4-16H,3,17H2,1-2H3,(H,29,30,34). The number of hydrogen-bond acceptors (Lipinski definition) is 7. The fourth-order valence-electron chi connectivity index (χ4n) is 3.87. The average Bonchev–Trinajstić information content (AvgIpc) is 3.32. The zero-order valence-electron chi connectivity index (χ0n) is 19.9. The Bertz CT molecular complexity index is 1500. The summed E-state index contributed by atoms with van der Waals surface area (Å²) in [5.41, 5.74) is 4.18. The summed E-state index contributed by atoms with van der Waals surface area (Å²) < 4.78 is 7.53. The highest BCUT2D eigenvalue weighted by Crippen LogP contribution is 2.29. The molecule has 0 saturated carbocycles. The molecule has 0 aliphatic heterocycles. The second-order valence-corrected chi connectivity index (χ2v) is 8.91. The van der Waals surface area contributed by atoms with Crippen molar-refractivity contribution in [3.05, 3.63) is 84.8 Å². The van der Waals surface area contributed by atoms with Gasteiger partial charge in [-0.2, -0.15) is 0 Å². The minimum Gasteiger partial charge on any atom is -0.494 e. The van der Waals surface area contributed by atoms with E-state index in [0.29, 0.717) is 17.6 Å². The van der Waals surface area contributed by atoms with E-state index in [-0.39, 0.29) is 11.7 Å². The summed E-state index contributed by atoms with van der Waals surface area (Å²) in [6, 6.07) is 21.1.